The van der Waals surface area contributed by atoms with E-state index in [0.717, 1.165) is 23.8 Å². The fourth-order valence-corrected chi connectivity index (χ4v) is 5.56. The third-order valence-corrected chi connectivity index (χ3v) is 6.11. The number of likely N-dealkylation sites (tertiary alicyclic amines) is 1. The molecule has 0 bridgehead atoms. The molecule has 20 heavy (non-hydrogen) atoms. The Kier molecular flexibility index (Phi) is 3.89. The summed E-state index contributed by atoms with van der Waals surface area (Å²) in [7, 11) is 0. The van der Waals surface area contributed by atoms with Crippen LogP contribution in [0.1, 0.15) is 53.9 Å². The van der Waals surface area contributed by atoms with E-state index >= 15 is 0 Å². The molecule has 0 aromatic carbocycles. The van der Waals surface area contributed by atoms with E-state index in [4.69, 9.17) is 0 Å². The second kappa shape index (κ2) is 5.26. The summed E-state index contributed by atoms with van der Waals surface area (Å²) in [5.41, 5.74) is 0.404. The summed E-state index contributed by atoms with van der Waals surface area (Å²) in [6, 6.07) is 0.755. The zero-order valence-corrected chi connectivity index (χ0v) is 13.9. The van der Waals surface area contributed by atoms with Gasteiger partial charge in [-0.3, -0.25) is 10.2 Å². The fraction of sp³-hybridized carbons (Fsp3) is 1.00. The molecule has 3 rings (SSSR count). The van der Waals surface area contributed by atoms with Gasteiger partial charge in [-0.25, -0.2) is 0 Å². The zero-order valence-electron chi connectivity index (χ0n) is 13.9. The number of hydrogen-bond donors (Lipinski definition) is 2. The minimum Gasteiger partial charge on any atom is -0.302 e. The van der Waals surface area contributed by atoms with Crippen LogP contribution >= 0.6 is 0 Å². The number of rotatable bonds is 2. The van der Waals surface area contributed by atoms with Crippen LogP contribution in [0.4, 0.5) is 0 Å². The molecule has 116 valence electrons. The van der Waals surface area contributed by atoms with Crippen LogP contribution in [0, 0.1) is 23.2 Å². The second-order valence-corrected chi connectivity index (χ2v) is 8.12. The summed E-state index contributed by atoms with van der Waals surface area (Å²) in [6.45, 7) is 14.5. The van der Waals surface area contributed by atoms with Gasteiger partial charge in [0.25, 0.3) is 0 Å². The first kappa shape index (κ1) is 14.8. The van der Waals surface area contributed by atoms with Crippen LogP contribution in [0.2, 0.25) is 0 Å². The number of fused-ring (bicyclic) bond motifs is 3. The van der Waals surface area contributed by atoms with Crippen molar-refractivity contribution in [1.82, 2.24) is 15.5 Å². The van der Waals surface area contributed by atoms with Gasteiger partial charge in [0.1, 0.15) is 0 Å². The van der Waals surface area contributed by atoms with Gasteiger partial charge >= 0.3 is 0 Å². The number of nitrogens with zero attached hydrogens (tertiary/aromatic N) is 1. The molecule has 6 unspecified atom stereocenters. The summed E-state index contributed by atoms with van der Waals surface area (Å²) in [6.07, 6.45) is 5.22. The van der Waals surface area contributed by atoms with E-state index in [1.54, 1.807) is 0 Å². The van der Waals surface area contributed by atoms with Crippen molar-refractivity contribution in [2.75, 3.05) is 13.1 Å². The summed E-state index contributed by atoms with van der Waals surface area (Å²) in [5, 5.41) is 7.66. The Morgan fingerprint density at radius 1 is 1.20 bits per heavy atom. The molecule has 0 radical (unpaired) electrons. The molecule has 3 aliphatic rings. The van der Waals surface area contributed by atoms with E-state index < -0.39 is 0 Å². The van der Waals surface area contributed by atoms with Crippen molar-refractivity contribution < 1.29 is 0 Å². The van der Waals surface area contributed by atoms with Crippen LogP contribution in [0.5, 0.6) is 0 Å². The molecule has 0 aromatic heterocycles. The van der Waals surface area contributed by atoms with E-state index in [1.807, 2.05) is 0 Å². The SMILES string of the molecule is CCC1C(C(C)(C)C)C2C3CCCNC3NC2N1CC. The molecule has 0 aromatic rings. The van der Waals surface area contributed by atoms with Crippen molar-refractivity contribution in [3.05, 3.63) is 0 Å². The van der Waals surface area contributed by atoms with Gasteiger partial charge < -0.3 is 5.32 Å². The Hall–Kier alpha value is -0.120. The lowest BCUT2D eigenvalue weighted by Gasteiger charge is -2.41. The molecule has 2 N–H and O–H groups in total. The van der Waals surface area contributed by atoms with Gasteiger partial charge in [-0.15, -0.1) is 0 Å². The van der Waals surface area contributed by atoms with E-state index in [2.05, 4.69) is 50.2 Å². The Morgan fingerprint density at radius 3 is 2.55 bits per heavy atom. The van der Waals surface area contributed by atoms with Gasteiger partial charge in [-0.2, -0.15) is 0 Å². The normalized spacial score (nSPS) is 45.5. The average Bonchev–Trinajstić information content (AvgIpc) is 2.90. The molecule has 0 spiro atoms. The van der Waals surface area contributed by atoms with Crippen LogP contribution in [-0.2, 0) is 0 Å². The Morgan fingerprint density at radius 2 is 1.95 bits per heavy atom. The van der Waals surface area contributed by atoms with Gasteiger partial charge in [0.2, 0.25) is 0 Å². The lowest BCUT2D eigenvalue weighted by atomic mass is 9.66. The smallest absolute Gasteiger partial charge is 0.0647 e. The van der Waals surface area contributed by atoms with E-state index in [0.29, 0.717) is 17.7 Å². The topological polar surface area (TPSA) is 27.3 Å². The lowest BCUT2D eigenvalue weighted by molar-refractivity contribution is 0.0900. The molecule has 0 aliphatic carbocycles. The highest BCUT2D eigenvalue weighted by Gasteiger charge is 2.59. The monoisotopic (exact) mass is 279 g/mol. The van der Waals surface area contributed by atoms with Gasteiger partial charge in [-0.05, 0) is 55.5 Å². The number of hydrogen-bond acceptors (Lipinski definition) is 3. The molecule has 0 saturated carbocycles. The highest BCUT2D eigenvalue weighted by atomic mass is 15.4. The molecule has 3 saturated heterocycles. The van der Waals surface area contributed by atoms with Crippen molar-refractivity contribution >= 4 is 0 Å². The molecule has 0 amide bonds. The molecule has 6 atom stereocenters. The quantitative estimate of drug-likeness (QED) is 0.814. The molecular formula is C17H33N3. The molecule has 3 fully saturated rings. The van der Waals surface area contributed by atoms with E-state index in [1.165, 1.54) is 32.4 Å². The molecule has 3 heteroatoms. The number of piperidine rings is 1. The van der Waals surface area contributed by atoms with Crippen LogP contribution < -0.4 is 10.6 Å². The first-order valence-electron chi connectivity index (χ1n) is 8.74. The van der Waals surface area contributed by atoms with Crippen molar-refractivity contribution in [1.29, 1.82) is 0 Å². The van der Waals surface area contributed by atoms with Gasteiger partial charge in [-0.1, -0.05) is 34.6 Å². The summed E-state index contributed by atoms with van der Waals surface area (Å²) in [5.74, 6) is 2.49. The summed E-state index contributed by atoms with van der Waals surface area (Å²) in [4.78, 5) is 2.76. The Labute approximate surface area is 124 Å². The van der Waals surface area contributed by atoms with Crippen LogP contribution in [0.25, 0.3) is 0 Å². The van der Waals surface area contributed by atoms with Gasteiger partial charge in [0.15, 0.2) is 0 Å². The maximum absolute atomic E-state index is 3.94. The summed E-state index contributed by atoms with van der Waals surface area (Å²) < 4.78 is 0. The van der Waals surface area contributed by atoms with Crippen molar-refractivity contribution in [3.63, 3.8) is 0 Å². The average molecular weight is 279 g/mol. The Bertz CT molecular complexity index is 349. The van der Waals surface area contributed by atoms with Crippen molar-refractivity contribution in [2.45, 2.75) is 72.3 Å². The van der Waals surface area contributed by atoms with Crippen molar-refractivity contribution in [3.8, 4) is 0 Å². The van der Waals surface area contributed by atoms with Crippen LogP contribution in [0.3, 0.4) is 0 Å². The predicted octanol–water partition coefficient (Wildman–Crippen LogP) is 2.63. The maximum Gasteiger partial charge on any atom is 0.0647 e. The predicted molar refractivity (Wildman–Crippen MR) is 84.3 cm³/mol. The van der Waals surface area contributed by atoms with Crippen molar-refractivity contribution in [2.24, 2.45) is 23.2 Å². The minimum absolute atomic E-state index is 0.404. The largest absolute Gasteiger partial charge is 0.302 e. The molecular weight excluding hydrogens is 246 g/mol. The standard InChI is InChI=1S/C17H33N3/c1-6-12-14(17(3,4)5)13-11-9-8-10-18-15(11)19-16(13)20(12)7-2/h11-16,18-19H,6-10H2,1-5H3. The molecule has 3 heterocycles. The summed E-state index contributed by atoms with van der Waals surface area (Å²) >= 11 is 0. The fourth-order valence-electron chi connectivity index (χ4n) is 5.56. The second-order valence-electron chi connectivity index (χ2n) is 8.12. The first-order valence-corrected chi connectivity index (χ1v) is 8.74. The number of nitrogens with one attached hydrogen (secondary N) is 2. The van der Waals surface area contributed by atoms with E-state index in [-0.39, 0.29) is 0 Å². The van der Waals surface area contributed by atoms with Crippen LogP contribution in [-0.4, -0.2) is 36.4 Å². The van der Waals surface area contributed by atoms with Gasteiger partial charge in [0.05, 0.1) is 12.3 Å². The van der Waals surface area contributed by atoms with Crippen LogP contribution in [0.15, 0.2) is 0 Å². The third kappa shape index (κ3) is 2.13. The first-order chi connectivity index (χ1) is 9.49. The Balaban J connectivity index is 1.94. The minimum atomic E-state index is 0.404. The zero-order chi connectivity index (χ0) is 14.5. The third-order valence-electron chi connectivity index (χ3n) is 6.11. The molecule has 3 aliphatic heterocycles. The van der Waals surface area contributed by atoms with Gasteiger partial charge in [0, 0.05) is 6.04 Å². The highest BCUT2D eigenvalue weighted by Crippen LogP contribution is 2.53. The molecule has 3 nitrogen and oxygen atoms in total. The van der Waals surface area contributed by atoms with E-state index in [9.17, 15) is 0 Å². The lowest BCUT2D eigenvalue weighted by Crippen LogP contribution is -2.52. The highest BCUT2D eigenvalue weighted by molar-refractivity contribution is 5.10. The maximum atomic E-state index is 3.94.